The van der Waals surface area contributed by atoms with Gasteiger partial charge in [0.1, 0.15) is 11.4 Å². The molecule has 110 valence electrons. The molecule has 2 aromatic rings. The zero-order valence-corrected chi connectivity index (χ0v) is 12.0. The summed E-state index contributed by atoms with van der Waals surface area (Å²) in [5.41, 5.74) is 3.47. The van der Waals surface area contributed by atoms with Crippen molar-refractivity contribution in [2.45, 2.75) is 25.7 Å². The van der Waals surface area contributed by atoms with E-state index in [0.29, 0.717) is 12.4 Å². The van der Waals surface area contributed by atoms with Crippen LogP contribution in [0.4, 0.5) is 5.82 Å². The lowest BCUT2D eigenvalue weighted by atomic mass is 10.1. The maximum absolute atomic E-state index is 11.4. The number of aromatic nitrogens is 3. The van der Waals surface area contributed by atoms with Crippen LogP contribution in [0.25, 0.3) is 0 Å². The van der Waals surface area contributed by atoms with Crippen molar-refractivity contribution in [3.05, 3.63) is 40.8 Å². The molecule has 0 bridgehead atoms. The average Bonchev–Trinajstić information content (AvgIpc) is 3.06. The zero-order chi connectivity index (χ0) is 14.8. The van der Waals surface area contributed by atoms with Crippen molar-refractivity contribution >= 4 is 11.8 Å². The van der Waals surface area contributed by atoms with Crippen LogP contribution in [0.3, 0.4) is 0 Å². The van der Waals surface area contributed by atoms with Gasteiger partial charge in [-0.15, -0.1) is 0 Å². The summed E-state index contributed by atoms with van der Waals surface area (Å²) in [7, 11) is 1.89. The van der Waals surface area contributed by atoms with Crippen molar-refractivity contribution < 1.29 is 9.90 Å². The molecule has 0 saturated heterocycles. The van der Waals surface area contributed by atoms with Gasteiger partial charge in [-0.1, -0.05) is 0 Å². The Morgan fingerprint density at radius 2 is 2.33 bits per heavy atom. The lowest BCUT2D eigenvalue weighted by Gasteiger charge is -2.11. The van der Waals surface area contributed by atoms with Crippen LogP contribution in [0.5, 0.6) is 0 Å². The number of pyridine rings is 1. The number of aryl methyl sites for hydroxylation is 3. The lowest BCUT2D eigenvalue weighted by molar-refractivity contribution is 0.0697. The summed E-state index contributed by atoms with van der Waals surface area (Å²) in [5.74, 6) is -0.453. The maximum Gasteiger partial charge on any atom is 0.339 e. The number of nitrogens with one attached hydrogen (secondary N) is 1. The molecule has 2 heterocycles. The van der Waals surface area contributed by atoms with Gasteiger partial charge >= 0.3 is 5.97 Å². The smallest absolute Gasteiger partial charge is 0.339 e. The van der Waals surface area contributed by atoms with E-state index in [2.05, 4.69) is 15.4 Å². The minimum absolute atomic E-state index is 0.264. The van der Waals surface area contributed by atoms with Crippen molar-refractivity contribution in [3.8, 4) is 0 Å². The van der Waals surface area contributed by atoms with E-state index in [0.717, 1.165) is 42.6 Å². The van der Waals surface area contributed by atoms with Crippen LogP contribution in [-0.4, -0.2) is 32.4 Å². The van der Waals surface area contributed by atoms with E-state index in [-0.39, 0.29) is 5.56 Å². The number of carboxylic acid groups (broad SMARTS) is 1. The molecule has 1 aliphatic rings. The third-order valence-corrected chi connectivity index (χ3v) is 3.88. The van der Waals surface area contributed by atoms with Gasteiger partial charge in [-0.25, -0.2) is 9.78 Å². The van der Waals surface area contributed by atoms with E-state index in [1.54, 1.807) is 12.3 Å². The van der Waals surface area contributed by atoms with Crippen LogP contribution >= 0.6 is 0 Å². The minimum Gasteiger partial charge on any atom is -0.478 e. The molecule has 0 spiro atoms. The van der Waals surface area contributed by atoms with E-state index < -0.39 is 5.97 Å². The van der Waals surface area contributed by atoms with E-state index >= 15 is 0 Å². The highest BCUT2D eigenvalue weighted by Gasteiger charge is 2.19. The quantitative estimate of drug-likeness (QED) is 0.873. The molecule has 0 unspecified atom stereocenters. The molecule has 2 aromatic heterocycles. The van der Waals surface area contributed by atoms with Gasteiger partial charge < -0.3 is 10.4 Å². The van der Waals surface area contributed by atoms with Crippen molar-refractivity contribution in [3.63, 3.8) is 0 Å². The summed E-state index contributed by atoms with van der Waals surface area (Å²) in [6.45, 7) is 0.631. The molecule has 0 fully saturated rings. The highest BCUT2D eigenvalue weighted by molar-refractivity contribution is 5.93. The molecular formula is C15H18N4O2. The number of aromatic carboxylic acids is 1. The van der Waals surface area contributed by atoms with E-state index in [4.69, 9.17) is 0 Å². The average molecular weight is 286 g/mol. The van der Waals surface area contributed by atoms with Crippen LogP contribution in [0.1, 0.15) is 33.7 Å². The molecule has 0 radical (unpaired) electrons. The Balaban J connectivity index is 1.75. The molecule has 0 aromatic carbocycles. The molecule has 6 heteroatoms. The van der Waals surface area contributed by atoms with Gasteiger partial charge in [0.2, 0.25) is 0 Å². The SMILES string of the molecule is Cn1nccc1CCNc1nc2c(cc1C(=O)O)CCC2. The minimum atomic E-state index is -0.930. The Morgan fingerprint density at radius 3 is 3.05 bits per heavy atom. The summed E-state index contributed by atoms with van der Waals surface area (Å²) >= 11 is 0. The molecule has 1 aliphatic carbocycles. The van der Waals surface area contributed by atoms with E-state index in [9.17, 15) is 9.90 Å². The van der Waals surface area contributed by atoms with Crippen molar-refractivity contribution in [2.24, 2.45) is 7.05 Å². The monoisotopic (exact) mass is 286 g/mol. The number of hydrogen-bond acceptors (Lipinski definition) is 4. The molecule has 6 nitrogen and oxygen atoms in total. The topological polar surface area (TPSA) is 80.0 Å². The first-order valence-corrected chi connectivity index (χ1v) is 7.12. The fourth-order valence-corrected chi connectivity index (χ4v) is 2.73. The van der Waals surface area contributed by atoms with E-state index in [1.807, 2.05) is 17.8 Å². The first-order chi connectivity index (χ1) is 10.1. The summed E-state index contributed by atoms with van der Waals surface area (Å²) in [5, 5.41) is 16.6. The van der Waals surface area contributed by atoms with Crippen LogP contribution in [-0.2, 0) is 26.3 Å². The summed E-state index contributed by atoms with van der Waals surface area (Å²) < 4.78 is 1.82. The van der Waals surface area contributed by atoms with Gasteiger partial charge in [0.05, 0.1) is 0 Å². The largest absolute Gasteiger partial charge is 0.478 e. The maximum atomic E-state index is 11.4. The Kier molecular flexibility index (Phi) is 3.60. The third-order valence-electron chi connectivity index (χ3n) is 3.88. The first-order valence-electron chi connectivity index (χ1n) is 7.12. The van der Waals surface area contributed by atoms with Gasteiger partial charge in [-0.3, -0.25) is 4.68 Å². The number of nitrogens with zero attached hydrogens (tertiary/aromatic N) is 3. The normalized spacial score (nSPS) is 13.2. The van der Waals surface area contributed by atoms with Crippen molar-refractivity contribution in [2.75, 3.05) is 11.9 Å². The molecule has 0 atom stereocenters. The summed E-state index contributed by atoms with van der Waals surface area (Å²) in [6, 6.07) is 3.72. The number of anilines is 1. The van der Waals surface area contributed by atoms with Gasteiger partial charge in [-0.2, -0.15) is 5.10 Å². The van der Waals surface area contributed by atoms with Gasteiger partial charge in [-0.05, 0) is 37.0 Å². The number of fused-ring (bicyclic) bond motifs is 1. The fourth-order valence-electron chi connectivity index (χ4n) is 2.73. The predicted octanol–water partition coefficient (Wildman–Crippen LogP) is 1.66. The second-order valence-corrected chi connectivity index (χ2v) is 5.27. The van der Waals surface area contributed by atoms with Gasteiger partial charge in [0, 0.05) is 37.6 Å². The van der Waals surface area contributed by atoms with Crippen LogP contribution in [0.2, 0.25) is 0 Å². The summed E-state index contributed by atoms with van der Waals surface area (Å²) in [6.07, 6.45) is 5.45. The third kappa shape index (κ3) is 2.74. The van der Waals surface area contributed by atoms with Crippen molar-refractivity contribution in [1.29, 1.82) is 0 Å². The Morgan fingerprint density at radius 1 is 1.48 bits per heavy atom. The molecule has 0 amide bonds. The summed E-state index contributed by atoms with van der Waals surface area (Å²) in [4.78, 5) is 15.9. The van der Waals surface area contributed by atoms with Crippen LogP contribution in [0.15, 0.2) is 18.3 Å². The predicted molar refractivity (Wildman–Crippen MR) is 78.6 cm³/mol. The molecular weight excluding hydrogens is 268 g/mol. The Labute approximate surface area is 122 Å². The Hall–Kier alpha value is -2.37. The standard InChI is InChI=1S/C15H18N4O2/c1-19-11(6-8-17-19)5-7-16-14-12(15(20)21)9-10-3-2-4-13(10)18-14/h6,8-9H,2-5,7H2,1H3,(H,16,18)(H,20,21). The van der Waals surface area contributed by atoms with E-state index in [1.165, 1.54) is 0 Å². The zero-order valence-electron chi connectivity index (χ0n) is 12.0. The van der Waals surface area contributed by atoms with Gasteiger partial charge in [0.15, 0.2) is 0 Å². The fraction of sp³-hybridized carbons (Fsp3) is 0.400. The van der Waals surface area contributed by atoms with Crippen molar-refractivity contribution in [1.82, 2.24) is 14.8 Å². The van der Waals surface area contributed by atoms with Crippen LogP contribution in [0, 0.1) is 0 Å². The Bertz CT molecular complexity index is 678. The first kappa shape index (κ1) is 13.6. The number of hydrogen-bond donors (Lipinski definition) is 2. The molecule has 0 saturated carbocycles. The second kappa shape index (κ2) is 5.55. The molecule has 3 rings (SSSR count). The number of carbonyl (C=O) groups is 1. The highest BCUT2D eigenvalue weighted by Crippen LogP contribution is 2.25. The molecule has 0 aliphatic heterocycles. The lowest BCUT2D eigenvalue weighted by Crippen LogP contribution is -2.14. The molecule has 2 N–H and O–H groups in total. The second-order valence-electron chi connectivity index (χ2n) is 5.27. The van der Waals surface area contributed by atoms with Gasteiger partial charge in [0.25, 0.3) is 0 Å². The van der Waals surface area contributed by atoms with Crippen LogP contribution < -0.4 is 5.32 Å². The molecule has 21 heavy (non-hydrogen) atoms. The number of rotatable bonds is 5. The highest BCUT2D eigenvalue weighted by atomic mass is 16.4. The number of carboxylic acids is 1.